The average Bonchev–Trinajstić information content (AvgIpc) is 2.91. The van der Waals surface area contributed by atoms with Crippen LogP contribution in [0.1, 0.15) is 24.2 Å². The quantitative estimate of drug-likeness (QED) is 0.761. The van der Waals surface area contributed by atoms with Crippen LogP contribution < -0.4 is 0 Å². The molecule has 1 heterocycles. The van der Waals surface area contributed by atoms with E-state index in [1.165, 1.54) is 12.1 Å². The number of amides is 1. The van der Waals surface area contributed by atoms with Gasteiger partial charge in [0.25, 0.3) is 5.91 Å². The lowest BCUT2D eigenvalue weighted by molar-refractivity contribution is 0.0754. The highest BCUT2D eigenvalue weighted by atomic mass is 32.2. The van der Waals surface area contributed by atoms with Gasteiger partial charge in [-0.1, -0.05) is 26.0 Å². The molecular weight excluding hydrogens is 362 g/mol. The van der Waals surface area contributed by atoms with Crippen molar-refractivity contribution in [2.75, 3.05) is 30.9 Å². The summed E-state index contributed by atoms with van der Waals surface area (Å²) in [7, 11) is -7.25. The predicted molar refractivity (Wildman–Crippen MR) is 94.9 cm³/mol. The second kappa shape index (κ2) is 5.81. The molecule has 3 rings (SSSR count). The average molecular weight is 386 g/mol. The molecule has 0 spiro atoms. The summed E-state index contributed by atoms with van der Waals surface area (Å²) in [6, 6.07) is 6.06. The molecule has 6 nitrogen and oxygen atoms in total. The molecule has 1 aliphatic carbocycles. The van der Waals surface area contributed by atoms with Gasteiger partial charge in [-0.15, -0.1) is 0 Å². The summed E-state index contributed by atoms with van der Waals surface area (Å²) in [5.41, 5.74) is 0.396. The molecule has 0 unspecified atom stereocenters. The van der Waals surface area contributed by atoms with E-state index in [9.17, 15) is 21.6 Å². The molecule has 2 fully saturated rings. The van der Waals surface area contributed by atoms with Crippen LogP contribution in [0.4, 0.5) is 0 Å². The second-order valence-electron chi connectivity index (χ2n) is 7.69. The van der Waals surface area contributed by atoms with Gasteiger partial charge >= 0.3 is 0 Å². The topological polar surface area (TPSA) is 88.6 Å². The van der Waals surface area contributed by atoms with Crippen LogP contribution in [0.5, 0.6) is 0 Å². The molecule has 0 radical (unpaired) electrons. The second-order valence-corrected chi connectivity index (χ2v) is 12.0. The zero-order chi connectivity index (χ0) is 18.6. The van der Waals surface area contributed by atoms with Crippen LogP contribution in [0, 0.1) is 17.3 Å². The first-order valence-corrected chi connectivity index (χ1v) is 11.9. The minimum absolute atomic E-state index is 0.0801. The maximum Gasteiger partial charge on any atom is 0.255 e. The Morgan fingerprint density at radius 2 is 1.64 bits per heavy atom. The van der Waals surface area contributed by atoms with Crippen LogP contribution in [0.25, 0.3) is 0 Å². The zero-order valence-electron chi connectivity index (χ0n) is 14.6. The molecule has 8 heteroatoms. The maximum absolute atomic E-state index is 12.8. The van der Waals surface area contributed by atoms with Crippen molar-refractivity contribution in [3.8, 4) is 0 Å². The number of hydrogen-bond donors (Lipinski definition) is 0. The molecule has 1 saturated carbocycles. The van der Waals surface area contributed by atoms with Crippen LogP contribution in [0.3, 0.4) is 0 Å². The Hall–Kier alpha value is -1.41. The lowest BCUT2D eigenvalue weighted by Crippen LogP contribution is -2.34. The molecule has 1 saturated heterocycles. The Morgan fingerprint density at radius 3 is 2.20 bits per heavy atom. The lowest BCUT2D eigenvalue weighted by Gasteiger charge is -2.23. The van der Waals surface area contributed by atoms with Crippen molar-refractivity contribution >= 4 is 25.6 Å². The van der Waals surface area contributed by atoms with E-state index in [2.05, 4.69) is 13.8 Å². The van der Waals surface area contributed by atoms with Crippen molar-refractivity contribution in [3.05, 3.63) is 29.8 Å². The largest absolute Gasteiger partial charge is 0.338 e. The highest BCUT2D eigenvalue weighted by Crippen LogP contribution is 2.62. The monoisotopic (exact) mass is 385 g/mol. The van der Waals surface area contributed by atoms with Gasteiger partial charge in [0, 0.05) is 19.3 Å². The summed E-state index contributed by atoms with van der Waals surface area (Å²) >= 11 is 0. The third-order valence-corrected chi connectivity index (χ3v) is 8.56. The smallest absolute Gasteiger partial charge is 0.255 e. The fourth-order valence-corrected chi connectivity index (χ4v) is 6.84. The van der Waals surface area contributed by atoms with Crippen LogP contribution in [0.15, 0.2) is 29.2 Å². The number of likely N-dealkylation sites (tertiary alicyclic amines) is 1. The number of hydrogen-bond acceptors (Lipinski definition) is 5. The van der Waals surface area contributed by atoms with Gasteiger partial charge in [0.2, 0.25) is 0 Å². The summed E-state index contributed by atoms with van der Waals surface area (Å²) in [6.07, 6.45) is 0.998. The molecule has 1 aromatic rings. The van der Waals surface area contributed by atoms with E-state index in [4.69, 9.17) is 0 Å². The fraction of sp³-hybridized carbons (Fsp3) is 0.588. The van der Waals surface area contributed by atoms with Gasteiger partial charge in [0.15, 0.2) is 9.84 Å². The first-order valence-electron chi connectivity index (χ1n) is 8.22. The third-order valence-electron chi connectivity index (χ3n) is 5.58. The molecule has 138 valence electrons. The third kappa shape index (κ3) is 3.46. The number of carbonyl (C=O) groups excluding carboxylic acids is 1. The zero-order valence-corrected chi connectivity index (χ0v) is 16.2. The molecule has 1 aromatic carbocycles. The minimum atomic E-state index is -3.85. The van der Waals surface area contributed by atoms with Crippen LogP contribution in [-0.2, 0) is 19.7 Å². The molecule has 0 N–H and O–H groups in total. The summed E-state index contributed by atoms with van der Waals surface area (Å²) in [5.74, 6) is -0.314. The number of sulfone groups is 2. The van der Waals surface area contributed by atoms with Crippen molar-refractivity contribution in [1.29, 1.82) is 0 Å². The van der Waals surface area contributed by atoms with Crippen LogP contribution in [-0.4, -0.2) is 58.5 Å². The SMILES string of the molecule is CC1(C)[C@@H]2CN(C(=O)c3ccccc3S(=O)(=O)CCS(C)(=O)=O)C[C@@H]21. The Morgan fingerprint density at radius 1 is 1.08 bits per heavy atom. The van der Waals surface area contributed by atoms with Crippen LogP contribution >= 0.6 is 0 Å². The number of piperidine rings is 1. The molecule has 0 bridgehead atoms. The lowest BCUT2D eigenvalue weighted by atomic mass is 10.1. The fourth-order valence-electron chi connectivity index (χ4n) is 3.75. The van der Waals surface area contributed by atoms with Crippen molar-refractivity contribution in [2.45, 2.75) is 18.7 Å². The van der Waals surface area contributed by atoms with Gasteiger partial charge in [-0.3, -0.25) is 4.79 Å². The number of fused-ring (bicyclic) bond motifs is 1. The highest BCUT2D eigenvalue weighted by Gasteiger charge is 2.62. The van der Waals surface area contributed by atoms with Crippen molar-refractivity contribution in [3.63, 3.8) is 0 Å². The van der Waals surface area contributed by atoms with E-state index in [-0.39, 0.29) is 21.8 Å². The Bertz CT molecular complexity index is 904. The maximum atomic E-state index is 12.8. The van der Waals surface area contributed by atoms with E-state index in [0.717, 1.165) is 6.26 Å². The molecule has 1 aliphatic heterocycles. The first-order chi connectivity index (χ1) is 11.4. The van der Waals surface area contributed by atoms with Gasteiger partial charge in [0.05, 0.1) is 22.0 Å². The Balaban J connectivity index is 1.83. The molecule has 2 aliphatic rings. The van der Waals surface area contributed by atoms with Crippen molar-refractivity contribution in [2.24, 2.45) is 17.3 Å². The summed E-state index contributed by atoms with van der Waals surface area (Å²) in [6.45, 7) is 5.67. The van der Waals surface area contributed by atoms with E-state index < -0.39 is 31.2 Å². The number of nitrogens with zero attached hydrogens (tertiary/aromatic N) is 1. The molecule has 2 atom stereocenters. The van der Waals surface area contributed by atoms with Gasteiger partial charge in [-0.05, 0) is 29.4 Å². The van der Waals surface area contributed by atoms with Gasteiger partial charge in [-0.2, -0.15) is 0 Å². The normalized spacial score (nSPS) is 24.8. The van der Waals surface area contributed by atoms with Crippen LogP contribution in [0.2, 0.25) is 0 Å². The molecular formula is C17H23NO5S2. The van der Waals surface area contributed by atoms with E-state index in [1.807, 2.05) is 0 Å². The predicted octanol–water partition coefficient (Wildman–Crippen LogP) is 1.23. The van der Waals surface area contributed by atoms with E-state index in [1.54, 1.807) is 17.0 Å². The number of rotatable bonds is 5. The van der Waals surface area contributed by atoms with E-state index >= 15 is 0 Å². The highest BCUT2D eigenvalue weighted by molar-refractivity contribution is 7.94. The molecule has 25 heavy (non-hydrogen) atoms. The number of carbonyl (C=O) groups is 1. The summed E-state index contributed by atoms with van der Waals surface area (Å²) in [5, 5.41) is 0. The van der Waals surface area contributed by atoms with Gasteiger partial charge < -0.3 is 4.90 Å². The summed E-state index contributed by atoms with van der Waals surface area (Å²) < 4.78 is 47.7. The number of benzene rings is 1. The Labute approximate surface area is 149 Å². The van der Waals surface area contributed by atoms with Crippen molar-refractivity contribution in [1.82, 2.24) is 4.90 Å². The first kappa shape index (κ1) is 18.4. The van der Waals surface area contributed by atoms with Gasteiger partial charge in [-0.25, -0.2) is 16.8 Å². The van der Waals surface area contributed by atoms with E-state index in [0.29, 0.717) is 24.9 Å². The Kier molecular flexibility index (Phi) is 4.27. The standard InChI is InChI=1S/C17H23NO5S2/c1-17(2)13-10-18(11-14(13)17)16(19)12-6-4-5-7-15(12)25(22,23)9-8-24(3,20)21/h4-7,13-14H,8-11H2,1-3H3/t13-,14+. The summed E-state index contributed by atoms with van der Waals surface area (Å²) in [4.78, 5) is 14.5. The van der Waals surface area contributed by atoms with Gasteiger partial charge in [0.1, 0.15) is 9.84 Å². The molecule has 0 aromatic heterocycles. The minimum Gasteiger partial charge on any atom is -0.338 e. The van der Waals surface area contributed by atoms with Crippen molar-refractivity contribution < 1.29 is 21.6 Å². The molecule has 1 amide bonds.